The first kappa shape index (κ1) is 19.1. The molecular weight excluding hydrogens is 364 g/mol. The fourth-order valence-corrected chi connectivity index (χ4v) is 4.30. The van der Waals surface area contributed by atoms with Crippen molar-refractivity contribution in [2.24, 2.45) is 0 Å². The molecule has 3 rings (SSSR count). The topological polar surface area (TPSA) is 95.2 Å². The van der Waals surface area contributed by atoms with Gasteiger partial charge in [0.15, 0.2) is 0 Å². The Labute approximate surface area is 158 Å². The molecule has 27 heavy (non-hydrogen) atoms. The van der Waals surface area contributed by atoms with Crippen LogP contribution in [0.4, 0.5) is 0 Å². The Balaban J connectivity index is 1.68. The van der Waals surface area contributed by atoms with Crippen molar-refractivity contribution in [2.45, 2.75) is 25.3 Å². The summed E-state index contributed by atoms with van der Waals surface area (Å²) in [5.74, 6) is 0.368. The molecule has 8 heteroatoms. The van der Waals surface area contributed by atoms with Crippen molar-refractivity contribution in [3.63, 3.8) is 0 Å². The predicted molar refractivity (Wildman–Crippen MR) is 104 cm³/mol. The lowest BCUT2D eigenvalue weighted by molar-refractivity contribution is 0.0950. The first-order chi connectivity index (χ1) is 13.0. The van der Waals surface area contributed by atoms with E-state index in [0.29, 0.717) is 24.5 Å². The van der Waals surface area contributed by atoms with E-state index in [4.69, 9.17) is 0 Å². The molecule has 0 aliphatic carbocycles. The van der Waals surface area contributed by atoms with E-state index in [1.807, 2.05) is 24.3 Å². The van der Waals surface area contributed by atoms with Crippen molar-refractivity contribution >= 4 is 27.0 Å². The summed E-state index contributed by atoms with van der Waals surface area (Å²) in [6, 6.07) is 13.6. The largest absolute Gasteiger partial charge is 0.345 e. The predicted octanol–water partition coefficient (Wildman–Crippen LogP) is 2.52. The molecule has 1 heterocycles. The van der Waals surface area contributed by atoms with Gasteiger partial charge in [0.05, 0.1) is 22.5 Å². The highest BCUT2D eigenvalue weighted by Gasteiger charge is 2.21. The van der Waals surface area contributed by atoms with Crippen LogP contribution >= 0.6 is 0 Å². The quantitative estimate of drug-likeness (QED) is 0.652. The molecule has 1 aromatic heterocycles. The van der Waals surface area contributed by atoms with E-state index in [0.717, 1.165) is 11.0 Å². The fourth-order valence-electron chi connectivity index (χ4n) is 2.85. The highest BCUT2D eigenvalue weighted by molar-refractivity contribution is 7.89. The SMILES string of the molecule is CCN(CC)S(=O)(=O)c1ccc(C(=O)NCc2nc3ccccc3[nH]2)cc1. The Kier molecular flexibility index (Phi) is 5.57. The minimum absolute atomic E-state index is 0.181. The van der Waals surface area contributed by atoms with Crippen molar-refractivity contribution in [2.75, 3.05) is 13.1 Å². The lowest BCUT2D eigenvalue weighted by atomic mass is 10.2. The van der Waals surface area contributed by atoms with E-state index in [9.17, 15) is 13.2 Å². The number of hydrogen-bond acceptors (Lipinski definition) is 4. The van der Waals surface area contributed by atoms with Gasteiger partial charge in [0.25, 0.3) is 5.91 Å². The maximum atomic E-state index is 12.5. The van der Waals surface area contributed by atoms with Crippen molar-refractivity contribution in [3.8, 4) is 0 Å². The maximum absolute atomic E-state index is 12.5. The van der Waals surface area contributed by atoms with E-state index in [1.165, 1.54) is 28.6 Å². The molecule has 0 saturated carbocycles. The van der Waals surface area contributed by atoms with Crippen LogP contribution in [0.1, 0.15) is 30.0 Å². The Morgan fingerprint density at radius 3 is 2.37 bits per heavy atom. The van der Waals surface area contributed by atoms with E-state index in [1.54, 1.807) is 13.8 Å². The van der Waals surface area contributed by atoms with Crippen LogP contribution in [-0.2, 0) is 16.6 Å². The van der Waals surface area contributed by atoms with E-state index in [2.05, 4.69) is 15.3 Å². The number of aromatic amines is 1. The number of benzene rings is 2. The van der Waals surface area contributed by atoms with Crippen molar-refractivity contribution in [1.29, 1.82) is 0 Å². The number of fused-ring (bicyclic) bond motifs is 1. The highest BCUT2D eigenvalue weighted by Crippen LogP contribution is 2.16. The summed E-state index contributed by atoms with van der Waals surface area (Å²) in [6.07, 6.45) is 0. The van der Waals surface area contributed by atoms with E-state index >= 15 is 0 Å². The molecule has 0 saturated heterocycles. The van der Waals surface area contributed by atoms with Crippen molar-refractivity contribution in [3.05, 3.63) is 59.9 Å². The van der Waals surface area contributed by atoms with Gasteiger partial charge in [-0.2, -0.15) is 4.31 Å². The molecule has 0 spiro atoms. The Bertz CT molecular complexity index is 1010. The molecule has 0 aliphatic rings. The van der Waals surface area contributed by atoms with E-state index in [-0.39, 0.29) is 17.3 Å². The number of imidazole rings is 1. The van der Waals surface area contributed by atoms with Crippen molar-refractivity contribution < 1.29 is 13.2 Å². The van der Waals surface area contributed by atoms with Gasteiger partial charge < -0.3 is 10.3 Å². The van der Waals surface area contributed by atoms with Gasteiger partial charge in [-0.15, -0.1) is 0 Å². The van der Waals surface area contributed by atoms with Crippen LogP contribution in [0.25, 0.3) is 11.0 Å². The van der Waals surface area contributed by atoms with Crippen LogP contribution in [0.3, 0.4) is 0 Å². The smallest absolute Gasteiger partial charge is 0.251 e. The lowest BCUT2D eigenvalue weighted by Crippen LogP contribution is -2.30. The van der Waals surface area contributed by atoms with Crippen molar-refractivity contribution in [1.82, 2.24) is 19.6 Å². The molecule has 7 nitrogen and oxygen atoms in total. The van der Waals surface area contributed by atoms with Gasteiger partial charge >= 0.3 is 0 Å². The number of para-hydroxylation sites is 2. The first-order valence-corrected chi connectivity index (χ1v) is 10.2. The molecule has 0 bridgehead atoms. The Hall–Kier alpha value is -2.71. The molecule has 0 aliphatic heterocycles. The molecule has 2 N–H and O–H groups in total. The van der Waals surface area contributed by atoms with Crippen LogP contribution in [-0.4, -0.2) is 41.7 Å². The second kappa shape index (κ2) is 7.89. The molecular formula is C19H22N4O3S. The second-order valence-corrected chi connectivity index (χ2v) is 7.93. The summed E-state index contributed by atoms with van der Waals surface area (Å²) in [4.78, 5) is 20.1. The number of sulfonamides is 1. The summed E-state index contributed by atoms with van der Waals surface area (Å²) < 4.78 is 26.3. The number of carbonyl (C=O) groups is 1. The fraction of sp³-hybridized carbons (Fsp3) is 0.263. The molecule has 0 radical (unpaired) electrons. The van der Waals surface area contributed by atoms with Gasteiger partial charge in [0, 0.05) is 18.7 Å². The van der Waals surface area contributed by atoms with Gasteiger partial charge in [-0.1, -0.05) is 26.0 Å². The zero-order valence-electron chi connectivity index (χ0n) is 15.3. The Morgan fingerprint density at radius 2 is 1.74 bits per heavy atom. The van der Waals surface area contributed by atoms with E-state index < -0.39 is 10.0 Å². The number of H-pyrrole nitrogens is 1. The van der Waals surface area contributed by atoms with Crippen LogP contribution in [0.2, 0.25) is 0 Å². The maximum Gasteiger partial charge on any atom is 0.251 e. The lowest BCUT2D eigenvalue weighted by Gasteiger charge is -2.18. The third kappa shape index (κ3) is 4.01. The van der Waals surface area contributed by atoms with Gasteiger partial charge in [0.2, 0.25) is 10.0 Å². The highest BCUT2D eigenvalue weighted by atomic mass is 32.2. The third-order valence-electron chi connectivity index (χ3n) is 4.31. The average molecular weight is 386 g/mol. The van der Waals surface area contributed by atoms with Crippen LogP contribution in [0.15, 0.2) is 53.4 Å². The first-order valence-electron chi connectivity index (χ1n) is 8.77. The van der Waals surface area contributed by atoms with Gasteiger partial charge in [-0.3, -0.25) is 4.79 Å². The number of nitrogens with one attached hydrogen (secondary N) is 2. The second-order valence-electron chi connectivity index (χ2n) is 6.00. The molecule has 142 valence electrons. The number of aromatic nitrogens is 2. The van der Waals surface area contributed by atoms with Gasteiger partial charge in [-0.25, -0.2) is 13.4 Å². The number of carbonyl (C=O) groups excluding carboxylic acids is 1. The number of nitrogens with zero attached hydrogens (tertiary/aromatic N) is 2. The standard InChI is InChI=1S/C19H22N4O3S/c1-3-23(4-2)27(25,26)15-11-9-14(10-12-15)19(24)20-13-18-21-16-7-5-6-8-17(16)22-18/h5-12H,3-4,13H2,1-2H3,(H,20,24)(H,21,22). The summed E-state index contributed by atoms with van der Waals surface area (Å²) in [5, 5.41) is 2.79. The van der Waals surface area contributed by atoms with Gasteiger partial charge in [0.1, 0.15) is 5.82 Å². The molecule has 0 atom stereocenters. The zero-order valence-corrected chi connectivity index (χ0v) is 16.1. The molecule has 2 aromatic carbocycles. The third-order valence-corrected chi connectivity index (χ3v) is 6.38. The summed E-state index contributed by atoms with van der Waals surface area (Å²) in [6.45, 7) is 4.64. The van der Waals surface area contributed by atoms with Crippen LogP contribution in [0.5, 0.6) is 0 Å². The van der Waals surface area contributed by atoms with Crippen LogP contribution in [0, 0.1) is 0 Å². The van der Waals surface area contributed by atoms with Gasteiger partial charge in [-0.05, 0) is 36.4 Å². The Morgan fingerprint density at radius 1 is 1.07 bits per heavy atom. The molecule has 0 unspecified atom stereocenters. The average Bonchev–Trinajstić information content (AvgIpc) is 3.10. The summed E-state index contributed by atoms with van der Waals surface area (Å²) in [5.41, 5.74) is 2.14. The monoisotopic (exact) mass is 386 g/mol. The molecule has 3 aromatic rings. The number of hydrogen-bond donors (Lipinski definition) is 2. The number of rotatable bonds is 7. The summed E-state index contributed by atoms with van der Waals surface area (Å²) >= 11 is 0. The minimum atomic E-state index is -3.53. The normalized spacial score (nSPS) is 11.8. The number of amides is 1. The summed E-state index contributed by atoms with van der Waals surface area (Å²) in [7, 11) is -3.53. The minimum Gasteiger partial charge on any atom is -0.345 e. The molecule has 1 amide bonds. The zero-order chi connectivity index (χ0) is 19.4. The van der Waals surface area contributed by atoms with Crippen LogP contribution < -0.4 is 5.32 Å². The molecule has 0 fully saturated rings.